The number of hydrogen-bond donors (Lipinski definition) is 0. The molecule has 0 aromatic heterocycles. The van der Waals surface area contributed by atoms with Crippen LogP contribution in [0.25, 0.3) is 0 Å². The fourth-order valence-electron chi connectivity index (χ4n) is 0.611. The van der Waals surface area contributed by atoms with Crippen LogP contribution in [-0.2, 0) is 9.47 Å². The molecule has 0 radical (unpaired) electrons. The van der Waals surface area contributed by atoms with Crippen molar-refractivity contribution in [3.63, 3.8) is 0 Å². The molecule has 0 aliphatic carbocycles. The van der Waals surface area contributed by atoms with E-state index in [0.29, 0.717) is 26.1 Å². The van der Waals surface area contributed by atoms with Gasteiger partial charge in [-0.05, 0) is 26.7 Å². The van der Waals surface area contributed by atoms with Crippen molar-refractivity contribution >= 4 is 23.1 Å². The van der Waals surface area contributed by atoms with E-state index in [4.69, 9.17) is 9.47 Å². The van der Waals surface area contributed by atoms with Gasteiger partial charge in [-0.2, -0.15) is 0 Å². The van der Waals surface area contributed by atoms with Gasteiger partial charge < -0.3 is 19.7 Å². The Morgan fingerprint density at radius 1 is 0.800 bits per heavy atom. The number of rotatable bonds is 8. The Morgan fingerprint density at radius 3 is 1.33 bits per heavy atom. The van der Waals surface area contributed by atoms with Crippen LogP contribution >= 0.6 is 0 Å². The van der Waals surface area contributed by atoms with Crippen molar-refractivity contribution in [2.45, 2.75) is 26.7 Å². The fourth-order valence-corrected chi connectivity index (χ4v) is 0.611. The normalized spacial score (nSPS) is 8.80. The van der Waals surface area contributed by atoms with Crippen molar-refractivity contribution < 1.29 is 19.7 Å². The third kappa shape index (κ3) is 31.3. The molecule has 0 atom stereocenters. The molecule has 0 saturated heterocycles. The quantitative estimate of drug-likeness (QED) is 0.403. The maximum atomic E-state index is 9.72. The van der Waals surface area contributed by atoms with Gasteiger partial charge in [-0.1, -0.05) is 0 Å². The van der Waals surface area contributed by atoms with Crippen LogP contribution < -0.4 is 10.2 Å². The SMILES string of the molecule is CCOCCC[O-].CCOCCC[O-].[Mg+2]. The average molecular weight is 231 g/mol. The molecular weight excluding hydrogens is 208 g/mol. The molecule has 0 N–H and O–H groups in total. The first-order chi connectivity index (χ1) is 6.83. The Kier molecular flexibility index (Phi) is 33.6. The fraction of sp³-hybridized carbons (Fsp3) is 1.00. The molecule has 0 amide bonds. The van der Waals surface area contributed by atoms with Crippen molar-refractivity contribution in [1.29, 1.82) is 0 Å². The van der Waals surface area contributed by atoms with Crippen LogP contribution in [-0.4, -0.2) is 62.7 Å². The summed E-state index contributed by atoms with van der Waals surface area (Å²) in [7, 11) is 0. The maximum absolute atomic E-state index is 9.72. The molecule has 4 nitrogen and oxygen atoms in total. The molecule has 0 aliphatic heterocycles. The second kappa shape index (κ2) is 24.0. The standard InChI is InChI=1S/2C5H11O2.Mg/c2*1-2-7-5-3-4-6;/h2*2-5H2,1H3;/q2*-1;+2. The largest absolute Gasteiger partial charge is 2.00 e. The van der Waals surface area contributed by atoms with Crippen LogP contribution in [0.2, 0.25) is 0 Å². The molecule has 0 heterocycles. The van der Waals surface area contributed by atoms with E-state index in [1.54, 1.807) is 0 Å². The van der Waals surface area contributed by atoms with Crippen LogP contribution in [0.15, 0.2) is 0 Å². The van der Waals surface area contributed by atoms with E-state index in [0.717, 1.165) is 13.2 Å². The van der Waals surface area contributed by atoms with Gasteiger partial charge in [0, 0.05) is 26.4 Å². The van der Waals surface area contributed by atoms with Gasteiger partial charge in [0.1, 0.15) is 0 Å². The van der Waals surface area contributed by atoms with Crippen molar-refractivity contribution in [2.24, 2.45) is 0 Å². The molecule has 0 unspecified atom stereocenters. The minimum absolute atomic E-state index is 0. The van der Waals surface area contributed by atoms with Gasteiger partial charge >= 0.3 is 23.1 Å². The first-order valence-electron chi connectivity index (χ1n) is 5.15. The summed E-state index contributed by atoms with van der Waals surface area (Å²) >= 11 is 0. The average Bonchev–Trinajstić information content (AvgIpc) is 2.21. The van der Waals surface area contributed by atoms with Gasteiger partial charge in [0.25, 0.3) is 0 Å². The summed E-state index contributed by atoms with van der Waals surface area (Å²) in [5.74, 6) is 0. The van der Waals surface area contributed by atoms with E-state index in [9.17, 15) is 10.2 Å². The Balaban J connectivity index is -0.000000180. The molecule has 0 aromatic carbocycles. The predicted octanol–water partition coefficient (Wildman–Crippen LogP) is -0.834. The number of hydrogen-bond acceptors (Lipinski definition) is 4. The van der Waals surface area contributed by atoms with E-state index in [-0.39, 0.29) is 36.3 Å². The summed E-state index contributed by atoms with van der Waals surface area (Å²) in [5.41, 5.74) is 0. The molecule has 0 aliphatic rings. The molecule has 15 heavy (non-hydrogen) atoms. The summed E-state index contributed by atoms with van der Waals surface area (Å²) in [5, 5.41) is 19.4. The minimum Gasteiger partial charge on any atom is -0.854 e. The molecule has 0 spiro atoms. The minimum atomic E-state index is -0.0139. The van der Waals surface area contributed by atoms with Crippen LogP contribution in [0.4, 0.5) is 0 Å². The van der Waals surface area contributed by atoms with Gasteiger partial charge in [-0.3, -0.25) is 0 Å². The van der Waals surface area contributed by atoms with Crippen LogP contribution in [0.5, 0.6) is 0 Å². The first-order valence-corrected chi connectivity index (χ1v) is 5.15. The van der Waals surface area contributed by atoms with Gasteiger partial charge in [0.05, 0.1) is 0 Å². The van der Waals surface area contributed by atoms with E-state index >= 15 is 0 Å². The summed E-state index contributed by atoms with van der Waals surface area (Å²) in [6, 6.07) is 0. The molecule has 5 heteroatoms. The van der Waals surface area contributed by atoms with Crippen molar-refractivity contribution in [2.75, 3.05) is 39.6 Å². The van der Waals surface area contributed by atoms with Gasteiger partial charge in [-0.25, -0.2) is 0 Å². The van der Waals surface area contributed by atoms with E-state index in [1.807, 2.05) is 13.8 Å². The Morgan fingerprint density at radius 2 is 1.13 bits per heavy atom. The molecular formula is C10H22MgO4. The predicted molar refractivity (Wildman–Crippen MR) is 57.7 cm³/mol. The second-order valence-corrected chi connectivity index (χ2v) is 2.51. The van der Waals surface area contributed by atoms with Crippen LogP contribution in [0, 0.1) is 0 Å². The molecule has 0 rings (SSSR count). The van der Waals surface area contributed by atoms with E-state index < -0.39 is 0 Å². The van der Waals surface area contributed by atoms with E-state index in [2.05, 4.69) is 0 Å². The molecule has 0 bridgehead atoms. The van der Waals surface area contributed by atoms with Crippen molar-refractivity contribution in [3.8, 4) is 0 Å². The third-order valence-corrected chi connectivity index (χ3v) is 1.27. The van der Waals surface area contributed by atoms with Crippen molar-refractivity contribution in [3.05, 3.63) is 0 Å². The van der Waals surface area contributed by atoms with Gasteiger partial charge in [0.15, 0.2) is 0 Å². The zero-order valence-electron chi connectivity index (χ0n) is 10.00. The Bertz CT molecular complexity index is 65.8. The zero-order chi connectivity index (χ0) is 11.1. The molecule has 88 valence electrons. The summed E-state index contributed by atoms with van der Waals surface area (Å²) in [6.45, 7) is 6.51. The molecule has 0 saturated carbocycles. The smallest absolute Gasteiger partial charge is 0.854 e. The third-order valence-electron chi connectivity index (χ3n) is 1.27. The zero-order valence-corrected chi connectivity index (χ0v) is 11.4. The first kappa shape index (κ1) is 21.0. The molecule has 0 fully saturated rings. The Hall–Kier alpha value is 0.606. The van der Waals surface area contributed by atoms with E-state index in [1.165, 1.54) is 0 Å². The summed E-state index contributed by atoms with van der Waals surface area (Å²) < 4.78 is 9.75. The summed E-state index contributed by atoms with van der Waals surface area (Å²) in [4.78, 5) is 0. The topological polar surface area (TPSA) is 64.6 Å². The van der Waals surface area contributed by atoms with Gasteiger partial charge in [0.2, 0.25) is 0 Å². The number of ether oxygens (including phenoxy) is 2. The second-order valence-electron chi connectivity index (χ2n) is 2.51. The van der Waals surface area contributed by atoms with Crippen LogP contribution in [0.3, 0.4) is 0 Å². The Labute approximate surface area is 109 Å². The van der Waals surface area contributed by atoms with Crippen molar-refractivity contribution in [1.82, 2.24) is 0 Å². The van der Waals surface area contributed by atoms with Crippen LogP contribution in [0.1, 0.15) is 26.7 Å². The van der Waals surface area contributed by atoms with Gasteiger partial charge in [-0.15, -0.1) is 13.2 Å². The summed E-state index contributed by atoms with van der Waals surface area (Å²) in [6.07, 6.45) is 1.29. The monoisotopic (exact) mass is 230 g/mol. The maximum Gasteiger partial charge on any atom is 2.00 e. The molecule has 0 aromatic rings.